The average molecular weight is 477 g/mol. The van der Waals surface area contributed by atoms with Crippen LogP contribution >= 0.6 is 0 Å². The van der Waals surface area contributed by atoms with E-state index in [4.69, 9.17) is 9.57 Å². The molecule has 0 spiro atoms. The monoisotopic (exact) mass is 476 g/mol. The fourth-order valence-corrected chi connectivity index (χ4v) is 3.78. The van der Waals surface area contributed by atoms with Gasteiger partial charge in [-0.1, -0.05) is 36.4 Å². The molecular weight excluding hydrogens is 440 g/mol. The van der Waals surface area contributed by atoms with Gasteiger partial charge in [0, 0.05) is 6.54 Å². The topological polar surface area (TPSA) is 84.9 Å². The molecule has 8 heteroatoms. The van der Waals surface area contributed by atoms with Crippen LogP contribution in [0.25, 0.3) is 11.1 Å². The van der Waals surface area contributed by atoms with Gasteiger partial charge in [0.1, 0.15) is 11.9 Å². The van der Waals surface area contributed by atoms with Crippen molar-refractivity contribution in [3.8, 4) is 16.9 Å². The Morgan fingerprint density at radius 1 is 0.970 bits per heavy atom. The number of hydrogen-bond donors (Lipinski definition) is 1. The number of benzene rings is 2. The number of hydrogen-bond acceptors (Lipinski definition) is 5. The van der Waals surface area contributed by atoms with Gasteiger partial charge < -0.3 is 4.74 Å². The summed E-state index contributed by atoms with van der Waals surface area (Å²) in [6.45, 7) is 11.5. The number of carbonyl (C=O) groups is 1. The summed E-state index contributed by atoms with van der Waals surface area (Å²) < 4.78 is 32.1. The number of sulfonamides is 1. The zero-order valence-corrected chi connectivity index (χ0v) is 21.2. The van der Waals surface area contributed by atoms with E-state index in [1.54, 1.807) is 13.8 Å². The molecule has 33 heavy (non-hydrogen) atoms. The fourth-order valence-electron chi connectivity index (χ4n) is 2.97. The van der Waals surface area contributed by atoms with Crippen LogP contribution in [0.2, 0.25) is 0 Å². The Balaban J connectivity index is 1.91. The summed E-state index contributed by atoms with van der Waals surface area (Å²) in [6.07, 6.45) is 1.11. The minimum Gasteiger partial charge on any atom is -0.489 e. The van der Waals surface area contributed by atoms with Crippen molar-refractivity contribution >= 4 is 16.4 Å². The van der Waals surface area contributed by atoms with Crippen molar-refractivity contribution in [3.63, 3.8) is 0 Å². The number of hydroxylamine groups is 2. The van der Waals surface area contributed by atoms with Gasteiger partial charge in [-0.2, -0.15) is 0 Å². The van der Waals surface area contributed by atoms with Gasteiger partial charge in [0.2, 0.25) is 16.4 Å². The molecule has 0 heterocycles. The second-order valence-corrected chi connectivity index (χ2v) is 11.6. The molecule has 0 aliphatic carbocycles. The van der Waals surface area contributed by atoms with Gasteiger partial charge in [0.15, 0.2) is 0 Å². The first kappa shape index (κ1) is 26.8. The van der Waals surface area contributed by atoms with Crippen molar-refractivity contribution in [2.45, 2.75) is 64.9 Å². The van der Waals surface area contributed by atoms with Crippen molar-refractivity contribution in [1.82, 2.24) is 9.79 Å². The second-order valence-electron chi connectivity index (χ2n) is 9.29. The lowest BCUT2D eigenvalue weighted by Crippen LogP contribution is -2.37. The highest BCUT2D eigenvalue weighted by Crippen LogP contribution is 2.23. The highest BCUT2D eigenvalue weighted by atomic mass is 32.2. The minimum atomic E-state index is -3.31. The molecule has 1 atom stereocenters. The van der Waals surface area contributed by atoms with E-state index in [9.17, 15) is 13.2 Å². The molecule has 2 aromatic carbocycles. The molecule has 182 valence electrons. The van der Waals surface area contributed by atoms with E-state index in [0.717, 1.165) is 16.7 Å². The fraction of sp³-hybridized carbons (Fsp3) is 0.480. The van der Waals surface area contributed by atoms with Crippen molar-refractivity contribution in [2.24, 2.45) is 0 Å². The van der Waals surface area contributed by atoms with Crippen LogP contribution in [0.3, 0.4) is 0 Å². The van der Waals surface area contributed by atoms with Gasteiger partial charge in [0.05, 0.1) is 17.4 Å². The number of amides is 1. The molecule has 1 unspecified atom stereocenters. The predicted molar refractivity (Wildman–Crippen MR) is 131 cm³/mol. The molecule has 0 aliphatic rings. The van der Waals surface area contributed by atoms with E-state index in [0.29, 0.717) is 25.1 Å². The maximum Gasteiger partial charge on any atom is 0.233 e. The predicted octanol–water partition coefficient (Wildman–Crippen LogP) is 4.18. The molecular formula is C25H36N2O5S. The van der Waals surface area contributed by atoms with E-state index in [-0.39, 0.29) is 12.6 Å². The van der Waals surface area contributed by atoms with Crippen LogP contribution in [0, 0.1) is 0 Å². The molecule has 0 fully saturated rings. The van der Waals surface area contributed by atoms with Crippen LogP contribution in [0.5, 0.6) is 5.75 Å². The minimum absolute atomic E-state index is 0.214. The Morgan fingerprint density at radius 3 is 2.00 bits per heavy atom. The normalized spacial score (nSPS) is 13.1. The summed E-state index contributed by atoms with van der Waals surface area (Å²) in [7, 11) is -3.31. The molecule has 7 nitrogen and oxygen atoms in total. The first-order valence-corrected chi connectivity index (χ1v) is 12.7. The van der Waals surface area contributed by atoms with Gasteiger partial charge in [0.25, 0.3) is 0 Å². The highest BCUT2D eigenvalue weighted by Gasteiger charge is 2.17. The van der Waals surface area contributed by atoms with E-state index in [1.165, 1.54) is 5.06 Å². The van der Waals surface area contributed by atoms with Crippen molar-refractivity contribution < 1.29 is 22.8 Å². The van der Waals surface area contributed by atoms with Crippen LogP contribution in [0.4, 0.5) is 0 Å². The summed E-state index contributed by atoms with van der Waals surface area (Å²) in [5.41, 5.74) is 2.82. The summed E-state index contributed by atoms with van der Waals surface area (Å²) >= 11 is 0. The van der Waals surface area contributed by atoms with Crippen LogP contribution < -0.4 is 9.46 Å². The lowest BCUT2D eigenvalue weighted by atomic mass is 10.0. The zero-order chi connectivity index (χ0) is 24.6. The van der Waals surface area contributed by atoms with E-state index in [1.807, 2.05) is 76.2 Å². The Hall–Kier alpha value is -2.42. The lowest BCUT2D eigenvalue weighted by molar-refractivity contribution is -0.215. The number of rotatable bonds is 12. The molecule has 0 radical (unpaired) electrons. The number of ether oxygens (including phenoxy) is 1. The molecule has 2 aromatic rings. The largest absolute Gasteiger partial charge is 0.489 e. The lowest BCUT2D eigenvalue weighted by Gasteiger charge is -2.26. The molecule has 0 saturated heterocycles. The Bertz CT molecular complexity index is 981. The van der Waals surface area contributed by atoms with E-state index >= 15 is 0 Å². The number of nitrogens with zero attached hydrogens (tertiary/aromatic N) is 1. The highest BCUT2D eigenvalue weighted by molar-refractivity contribution is 7.90. The molecule has 0 aromatic heterocycles. The van der Waals surface area contributed by atoms with E-state index in [2.05, 4.69) is 4.72 Å². The maximum absolute atomic E-state index is 11.9. The second kappa shape index (κ2) is 11.6. The SMILES string of the molecule is CC(CNS(=O)(=O)C(C)C)Oc1ccc(-c2ccc(CCN(C=O)OC(C)(C)C)cc2)cc1. The van der Waals surface area contributed by atoms with Gasteiger partial charge in [-0.3, -0.25) is 9.63 Å². The smallest absolute Gasteiger partial charge is 0.233 e. The van der Waals surface area contributed by atoms with Crippen LogP contribution in [-0.4, -0.2) is 49.9 Å². The van der Waals surface area contributed by atoms with Crippen LogP contribution in [0.1, 0.15) is 47.1 Å². The van der Waals surface area contributed by atoms with Gasteiger partial charge >= 0.3 is 0 Å². The van der Waals surface area contributed by atoms with E-state index < -0.39 is 20.9 Å². The molecule has 1 N–H and O–H groups in total. The van der Waals surface area contributed by atoms with Crippen LogP contribution in [-0.2, 0) is 26.1 Å². The summed E-state index contributed by atoms with van der Waals surface area (Å²) in [5, 5.41) is 0.859. The summed E-state index contributed by atoms with van der Waals surface area (Å²) in [4.78, 5) is 16.8. The third-order valence-corrected chi connectivity index (χ3v) is 6.61. The summed E-state index contributed by atoms with van der Waals surface area (Å²) in [6, 6.07) is 15.9. The van der Waals surface area contributed by atoms with Gasteiger partial charge in [-0.25, -0.2) is 18.2 Å². The number of nitrogens with one attached hydrogen (secondary N) is 1. The third-order valence-electron chi connectivity index (χ3n) is 4.80. The van der Waals surface area contributed by atoms with Crippen molar-refractivity contribution in [3.05, 3.63) is 54.1 Å². The number of carbonyl (C=O) groups excluding carboxylic acids is 1. The van der Waals surface area contributed by atoms with Crippen molar-refractivity contribution in [1.29, 1.82) is 0 Å². The Labute approximate surface area is 198 Å². The molecule has 1 amide bonds. The quantitative estimate of drug-likeness (QED) is 0.367. The molecule has 0 bridgehead atoms. The van der Waals surface area contributed by atoms with Crippen molar-refractivity contribution in [2.75, 3.05) is 13.1 Å². The molecule has 2 rings (SSSR count). The molecule has 0 saturated carbocycles. The standard InChI is InChI=1S/C25H36N2O5S/c1-19(2)33(29,30)26-17-20(3)31-24-13-11-23(12-14-24)22-9-7-21(8-10-22)15-16-27(18-28)32-25(4,5)6/h7-14,18-20,26H,15-17H2,1-6H3. The van der Waals surface area contributed by atoms with Gasteiger partial charge in [-0.05, 0) is 76.8 Å². The molecule has 0 aliphatic heterocycles. The average Bonchev–Trinajstić information content (AvgIpc) is 2.75. The third kappa shape index (κ3) is 9.15. The van der Waals surface area contributed by atoms with Crippen LogP contribution in [0.15, 0.2) is 48.5 Å². The Morgan fingerprint density at radius 2 is 1.52 bits per heavy atom. The maximum atomic E-state index is 11.9. The first-order chi connectivity index (χ1) is 15.4. The first-order valence-electron chi connectivity index (χ1n) is 11.1. The Kier molecular flexibility index (Phi) is 9.46. The summed E-state index contributed by atoms with van der Waals surface area (Å²) in [5.74, 6) is 0.680. The zero-order valence-electron chi connectivity index (χ0n) is 20.4. The van der Waals surface area contributed by atoms with Gasteiger partial charge in [-0.15, -0.1) is 0 Å².